The summed E-state index contributed by atoms with van der Waals surface area (Å²) in [6, 6.07) is 20.6. The number of carbonyl (C=O) groups excluding carboxylic acids is 2. The molecule has 1 aliphatic heterocycles. The van der Waals surface area contributed by atoms with E-state index in [2.05, 4.69) is 0 Å². The Kier molecular flexibility index (Phi) is 7.82. The summed E-state index contributed by atoms with van der Waals surface area (Å²) in [6.07, 6.45) is -0.00582. The van der Waals surface area contributed by atoms with Crippen LogP contribution in [0, 0.1) is 0 Å². The second-order valence-corrected chi connectivity index (χ2v) is 8.98. The third-order valence-corrected chi connectivity index (χ3v) is 5.99. The molecule has 1 saturated heterocycles. The largest absolute Gasteiger partial charge is 0.507 e. The Morgan fingerprint density at radius 3 is 2.38 bits per heavy atom. The average Bonchev–Trinajstić information content (AvgIpc) is 3.13. The van der Waals surface area contributed by atoms with Gasteiger partial charge in [0.25, 0.3) is 11.7 Å². The van der Waals surface area contributed by atoms with Crippen LogP contribution in [-0.2, 0) is 16.1 Å². The maximum absolute atomic E-state index is 13.4. The van der Waals surface area contributed by atoms with Crippen molar-refractivity contribution in [2.24, 2.45) is 0 Å². The fourth-order valence-electron chi connectivity index (χ4n) is 4.44. The van der Waals surface area contributed by atoms with Gasteiger partial charge in [-0.3, -0.25) is 9.59 Å². The highest BCUT2D eigenvalue weighted by molar-refractivity contribution is 6.46. The quantitative estimate of drug-likeness (QED) is 0.237. The molecule has 0 aliphatic carbocycles. The van der Waals surface area contributed by atoms with E-state index in [-0.39, 0.29) is 24.0 Å². The molecule has 0 saturated carbocycles. The van der Waals surface area contributed by atoms with E-state index in [0.29, 0.717) is 35.0 Å². The van der Waals surface area contributed by atoms with Crippen molar-refractivity contribution in [3.05, 3.63) is 95.1 Å². The van der Waals surface area contributed by atoms with Gasteiger partial charge in [-0.1, -0.05) is 36.4 Å². The summed E-state index contributed by atoms with van der Waals surface area (Å²) in [7, 11) is 1.55. The molecule has 0 aromatic heterocycles. The van der Waals surface area contributed by atoms with Crippen LogP contribution in [0.15, 0.2) is 78.4 Å². The van der Waals surface area contributed by atoms with Crippen molar-refractivity contribution in [1.29, 1.82) is 0 Å². The number of ether oxygens (including phenoxy) is 3. The predicted octanol–water partition coefficient (Wildman–Crippen LogP) is 5.50. The molecule has 1 aliphatic rings. The van der Waals surface area contributed by atoms with Gasteiger partial charge in [-0.05, 0) is 68.3 Å². The minimum Gasteiger partial charge on any atom is -0.507 e. The highest BCUT2D eigenvalue weighted by atomic mass is 16.5. The lowest BCUT2D eigenvalue weighted by molar-refractivity contribution is -0.140. The van der Waals surface area contributed by atoms with Gasteiger partial charge in [0.05, 0.1) is 31.4 Å². The molecule has 7 nitrogen and oxygen atoms in total. The molecule has 1 amide bonds. The molecule has 0 radical (unpaired) electrons. The fraction of sp³-hybridized carbons (Fsp3) is 0.267. The summed E-state index contributed by atoms with van der Waals surface area (Å²) >= 11 is 0. The average molecular weight is 502 g/mol. The van der Waals surface area contributed by atoms with E-state index in [1.807, 2.05) is 51.1 Å². The molecule has 37 heavy (non-hydrogen) atoms. The first-order valence-corrected chi connectivity index (χ1v) is 12.2. The lowest BCUT2D eigenvalue weighted by Gasteiger charge is -2.26. The second kappa shape index (κ2) is 11.2. The Bertz CT molecular complexity index is 1330. The van der Waals surface area contributed by atoms with Gasteiger partial charge in [0.15, 0.2) is 0 Å². The van der Waals surface area contributed by atoms with Crippen molar-refractivity contribution in [3.63, 3.8) is 0 Å². The molecule has 4 rings (SSSR count). The first-order chi connectivity index (χ1) is 17.8. The standard InChI is InChI=1S/C30H31NO6/c1-5-36-24-13-8-11-22(17-24)28(32)26-27(21-10-7-12-23(16-21)35-4)31(30(34)29(26)33)18-20-9-6-14-25(15-20)37-19(2)3/h6-17,19,27,32H,5,18H2,1-4H3/b28-26-. The Hall–Kier alpha value is -4.26. The molecular weight excluding hydrogens is 470 g/mol. The van der Waals surface area contributed by atoms with E-state index < -0.39 is 17.7 Å². The zero-order chi connectivity index (χ0) is 26.5. The van der Waals surface area contributed by atoms with Gasteiger partial charge in [0.1, 0.15) is 23.0 Å². The van der Waals surface area contributed by atoms with E-state index in [1.54, 1.807) is 49.6 Å². The summed E-state index contributed by atoms with van der Waals surface area (Å²) in [5.41, 5.74) is 1.85. The topological polar surface area (TPSA) is 85.3 Å². The van der Waals surface area contributed by atoms with Crippen molar-refractivity contribution in [3.8, 4) is 17.2 Å². The molecule has 3 aromatic carbocycles. The smallest absolute Gasteiger partial charge is 0.295 e. The number of carbonyl (C=O) groups is 2. The second-order valence-electron chi connectivity index (χ2n) is 8.98. The van der Waals surface area contributed by atoms with Crippen molar-refractivity contribution in [2.45, 2.75) is 39.5 Å². The number of aliphatic hydroxyl groups is 1. The van der Waals surface area contributed by atoms with Crippen molar-refractivity contribution < 1.29 is 28.9 Å². The van der Waals surface area contributed by atoms with Crippen LogP contribution in [0.5, 0.6) is 17.2 Å². The molecule has 1 fully saturated rings. The van der Waals surface area contributed by atoms with Gasteiger partial charge in [0.2, 0.25) is 0 Å². The predicted molar refractivity (Wildman–Crippen MR) is 141 cm³/mol. The number of amides is 1. The van der Waals surface area contributed by atoms with E-state index in [0.717, 1.165) is 5.56 Å². The summed E-state index contributed by atoms with van der Waals surface area (Å²) in [4.78, 5) is 28.2. The van der Waals surface area contributed by atoms with Gasteiger partial charge in [-0.25, -0.2) is 0 Å². The number of aliphatic hydroxyl groups excluding tert-OH is 1. The number of benzene rings is 3. The van der Waals surface area contributed by atoms with Crippen LogP contribution >= 0.6 is 0 Å². The Labute approximate surface area is 216 Å². The van der Waals surface area contributed by atoms with E-state index >= 15 is 0 Å². The van der Waals surface area contributed by atoms with Crippen LogP contribution < -0.4 is 14.2 Å². The number of ketones is 1. The van der Waals surface area contributed by atoms with Crippen LogP contribution in [0.2, 0.25) is 0 Å². The summed E-state index contributed by atoms with van der Waals surface area (Å²) in [5, 5.41) is 11.4. The molecule has 3 aromatic rings. The van der Waals surface area contributed by atoms with Crippen LogP contribution in [0.4, 0.5) is 0 Å². The highest BCUT2D eigenvalue weighted by Gasteiger charge is 2.46. The number of hydrogen-bond acceptors (Lipinski definition) is 6. The molecule has 1 unspecified atom stereocenters. The third-order valence-electron chi connectivity index (χ3n) is 5.99. The maximum atomic E-state index is 13.4. The van der Waals surface area contributed by atoms with Crippen molar-refractivity contribution >= 4 is 17.4 Å². The zero-order valence-corrected chi connectivity index (χ0v) is 21.4. The van der Waals surface area contributed by atoms with Crippen LogP contribution in [0.25, 0.3) is 5.76 Å². The normalized spacial score (nSPS) is 16.8. The summed E-state index contributed by atoms with van der Waals surface area (Å²) in [6.45, 7) is 6.35. The minimum atomic E-state index is -0.819. The molecule has 1 atom stereocenters. The summed E-state index contributed by atoms with van der Waals surface area (Å²) in [5.74, 6) is 0.114. The number of hydrogen-bond donors (Lipinski definition) is 1. The number of methoxy groups -OCH3 is 1. The van der Waals surface area contributed by atoms with Crippen LogP contribution in [0.1, 0.15) is 43.5 Å². The monoisotopic (exact) mass is 501 g/mol. The lowest BCUT2D eigenvalue weighted by Crippen LogP contribution is -2.29. The first kappa shape index (κ1) is 25.8. The van der Waals surface area contributed by atoms with Gasteiger partial charge >= 0.3 is 0 Å². The minimum absolute atomic E-state index is 0.00582. The van der Waals surface area contributed by atoms with Gasteiger partial charge in [-0.2, -0.15) is 0 Å². The number of rotatable bonds is 9. The van der Waals surface area contributed by atoms with E-state index in [9.17, 15) is 14.7 Å². The number of Topliss-reactive ketones (excluding diaryl/α,β-unsaturated/α-hetero) is 1. The fourth-order valence-corrected chi connectivity index (χ4v) is 4.44. The van der Waals surface area contributed by atoms with Gasteiger partial charge in [-0.15, -0.1) is 0 Å². The number of likely N-dealkylation sites (tertiary alicyclic amines) is 1. The van der Waals surface area contributed by atoms with Crippen molar-refractivity contribution in [2.75, 3.05) is 13.7 Å². The molecule has 192 valence electrons. The molecule has 1 N–H and O–H groups in total. The van der Waals surface area contributed by atoms with Crippen LogP contribution in [0.3, 0.4) is 0 Å². The number of nitrogens with zero attached hydrogens (tertiary/aromatic N) is 1. The molecule has 0 bridgehead atoms. The van der Waals surface area contributed by atoms with Crippen molar-refractivity contribution in [1.82, 2.24) is 4.90 Å². The molecule has 0 spiro atoms. The summed E-state index contributed by atoms with van der Waals surface area (Å²) < 4.78 is 16.8. The Morgan fingerprint density at radius 2 is 1.65 bits per heavy atom. The molecule has 7 heteroatoms. The molecule has 1 heterocycles. The Morgan fingerprint density at radius 1 is 0.946 bits per heavy atom. The third kappa shape index (κ3) is 5.61. The molecular formula is C30H31NO6. The van der Waals surface area contributed by atoms with Gasteiger partial charge in [0, 0.05) is 12.1 Å². The maximum Gasteiger partial charge on any atom is 0.295 e. The lowest BCUT2D eigenvalue weighted by atomic mass is 9.95. The zero-order valence-electron chi connectivity index (χ0n) is 21.4. The van der Waals surface area contributed by atoms with E-state index in [1.165, 1.54) is 4.90 Å². The van der Waals surface area contributed by atoms with E-state index in [4.69, 9.17) is 14.2 Å². The van der Waals surface area contributed by atoms with Gasteiger partial charge < -0.3 is 24.2 Å². The van der Waals surface area contributed by atoms with Crippen LogP contribution in [-0.4, -0.2) is 41.5 Å². The first-order valence-electron chi connectivity index (χ1n) is 12.2. The SMILES string of the molecule is CCOc1cccc(/C(O)=C2/C(=O)C(=O)N(Cc3cccc(OC(C)C)c3)C2c2cccc(OC)c2)c1. The Balaban J connectivity index is 1.82. The highest BCUT2D eigenvalue weighted by Crippen LogP contribution is 2.41.